The summed E-state index contributed by atoms with van der Waals surface area (Å²) in [5, 5.41) is 6.87. The zero-order chi connectivity index (χ0) is 13.9. The van der Waals surface area contributed by atoms with Crippen LogP contribution in [0, 0.1) is 0 Å². The van der Waals surface area contributed by atoms with Gasteiger partial charge in [-0.1, -0.05) is 24.2 Å². The van der Waals surface area contributed by atoms with Crippen molar-refractivity contribution in [2.75, 3.05) is 6.54 Å². The van der Waals surface area contributed by atoms with Crippen LogP contribution < -0.4 is 5.32 Å². The standard InChI is InChI=1S/C13H13F3N2O/c1-2-17-8-11-7-12(19-18-11)9-4-3-5-10(6-9)13(14,15)16/h3-7,17H,2,8H2,1H3. The van der Waals surface area contributed by atoms with E-state index in [4.69, 9.17) is 4.52 Å². The fourth-order valence-corrected chi connectivity index (χ4v) is 1.63. The minimum absolute atomic E-state index is 0.332. The second kappa shape index (κ2) is 5.44. The Morgan fingerprint density at radius 1 is 1.26 bits per heavy atom. The molecule has 0 radical (unpaired) electrons. The molecule has 0 bridgehead atoms. The molecule has 2 rings (SSSR count). The van der Waals surface area contributed by atoms with E-state index in [2.05, 4.69) is 10.5 Å². The van der Waals surface area contributed by atoms with Gasteiger partial charge < -0.3 is 9.84 Å². The molecule has 1 aromatic carbocycles. The topological polar surface area (TPSA) is 38.1 Å². The van der Waals surface area contributed by atoms with Crippen LogP contribution in [0.15, 0.2) is 34.9 Å². The number of benzene rings is 1. The molecule has 0 amide bonds. The molecule has 19 heavy (non-hydrogen) atoms. The maximum Gasteiger partial charge on any atom is 0.416 e. The zero-order valence-electron chi connectivity index (χ0n) is 10.3. The summed E-state index contributed by atoms with van der Waals surface area (Å²) in [5.41, 5.74) is 0.328. The molecule has 0 aliphatic carbocycles. The van der Waals surface area contributed by atoms with Crippen LogP contribution in [0.25, 0.3) is 11.3 Å². The summed E-state index contributed by atoms with van der Waals surface area (Å²) in [7, 11) is 0. The van der Waals surface area contributed by atoms with Crippen LogP contribution in [0.2, 0.25) is 0 Å². The zero-order valence-corrected chi connectivity index (χ0v) is 10.3. The fourth-order valence-electron chi connectivity index (χ4n) is 1.63. The average molecular weight is 270 g/mol. The highest BCUT2D eigenvalue weighted by Gasteiger charge is 2.30. The summed E-state index contributed by atoms with van der Waals surface area (Å²) >= 11 is 0. The number of alkyl halides is 3. The van der Waals surface area contributed by atoms with Crippen molar-refractivity contribution in [3.8, 4) is 11.3 Å². The summed E-state index contributed by atoms with van der Waals surface area (Å²) < 4.78 is 42.9. The average Bonchev–Trinajstić information content (AvgIpc) is 2.84. The smallest absolute Gasteiger partial charge is 0.356 e. The van der Waals surface area contributed by atoms with Gasteiger partial charge >= 0.3 is 6.18 Å². The first-order chi connectivity index (χ1) is 9.00. The molecule has 0 saturated carbocycles. The minimum Gasteiger partial charge on any atom is -0.356 e. The van der Waals surface area contributed by atoms with Gasteiger partial charge in [-0.15, -0.1) is 0 Å². The van der Waals surface area contributed by atoms with Crippen LogP contribution in [-0.4, -0.2) is 11.7 Å². The molecule has 1 N–H and O–H groups in total. The van der Waals surface area contributed by atoms with E-state index in [0.717, 1.165) is 18.7 Å². The number of nitrogens with one attached hydrogen (secondary N) is 1. The number of aromatic nitrogens is 1. The third-order valence-corrected chi connectivity index (χ3v) is 2.59. The molecule has 1 aromatic heterocycles. The van der Waals surface area contributed by atoms with Crippen LogP contribution in [0.5, 0.6) is 0 Å². The van der Waals surface area contributed by atoms with Crippen LogP contribution in [0.3, 0.4) is 0 Å². The van der Waals surface area contributed by atoms with Crippen molar-refractivity contribution in [3.05, 3.63) is 41.6 Å². The van der Waals surface area contributed by atoms with Crippen molar-refractivity contribution in [2.24, 2.45) is 0 Å². The van der Waals surface area contributed by atoms with Crippen LogP contribution in [0.1, 0.15) is 18.2 Å². The fraction of sp³-hybridized carbons (Fsp3) is 0.308. The number of nitrogens with zero attached hydrogens (tertiary/aromatic N) is 1. The highest BCUT2D eigenvalue weighted by molar-refractivity contribution is 5.58. The molecule has 1 heterocycles. The predicted octanol–water partition coefficient (Wildman–Crippen LogP) is 3.47. The second-order valence-electron chi connectivity index (χ2n) is 4.04. The van der Waals surface area contributed by atoms with Gasteiger partial charge in [-0.25, -0.2) is 0 Å². The van der Waals surface area contributed by atoms with Gasteiger partial charge in [0.25, 0.3) is 0 Å². The number of halogens is 3. The second-order valence-corrected chi connectivity index (χ2v) is 4.04. The third-order valence-electron chi connectivity index (χ3n) is 2.59. The van der Waals surface area contributed by atoms with E-state index in [0.29, 0.717) is 23.6 Å². The predicted molar refractivity (Wildman–Crippen MR) is 64.3 cm³/mol. The number of hydrogen-bond acceptors (Lipinski definition) is 3. The molecule has 0 atom stereocenters. The maximum atomic E-state index is 12.6. The molecule has 0 aliphatic rings. The molecule has 0 aliphatic heterocycles. The first kappa shape index (κ1) is 13.6. The van der Waals surface area contributed by atoms with E-state index in [-0.39, 0.29) is 0 Å². The van der Waals surface area contributed by atoms with Crippen molar-refractivity contribution < 1.29 is 17.7 Å². The van der Waals surface area contributed by atoms with Gasteiger partial charge in [-0.2, -0.15) is 13.2 Å². The Morgan fingerprint density at radius 2 is 2.05 bits per heavy atom. The molecule has 102 valence electrons. The van der Waals surface area contributed by atoms with E-state index >= 15 is 0 Å². The lowest BCUT2D eigenvalue weighted by Gasteiger charge is -2.06. The van der Waals surface area contributed by atoms with Gasteiger partial charge in [-0.05, 0) is 18.7 Å². The van der Waals surface area contributed by atoms with Gasteiger partial charge in [0, 0.05) is 18.2 Å². The summed E-state index contributed by atoms with van der Waals surface area (Å²) in [5.74, 6) is 0.332. The van der Waals surface area contributed by atoms with Gasteiger partial charge in [-0.3, -0.25) is 0 Å². The quantitative estimate of drug-likeness (QED) is 0.924. The van der Waals surface area contributed by atoms with Crippen molar-refractivity contribution >= 4 is 0 Å². The highest BCUT2D eigenvalue weighted by atomic mass is 19.4. The van der Waals surface area contributed by atoms with Crippen molar-refractivity contribution in [2.45, 2.75) is 19.6 Å². The van der Waals surface area contributed by atoms with E-state index in [1.54, 1.807) is 12.1 Å². The summed E-state index contributed by atoms with van der Waals surface area (Å²) in [6.45, 7) is 3.26. The SMILES string of the molecule is CCNCc1cc(-c2cccc(C(F)(F)F)c2)on1. The minimum atomic E-state index is -4.36. The molecule has 0 saturated heterocycles. The maximum absolute atomic E-state index is 12.6. The van der Waals surface area contributed by atoms with E-state index < -0.39 is 11.7 Å². The first-order valence-electron chi connectivity index (χ1n) is 5.84. The lowest BCUT2D eigenvalue weighted by molar-refractivity contribution is -0.137. The molecule has 0 fully saturated rings. The van der Waals surface area contributed by atoms with Gasteiger partial charge in [0.05, 0.1) is 11.3 Å². The largest absolute Gasteiger partial charge is 0.416 e. The highest BCUT2D eigenvalue weighted by Crippen LogP contribution is 2.32. The number of rotatable bonds is 4. The Morgan fingerprint density at radius 3 is 2.74 bits per heavy atom. The van der Waals surface area contributed by atoms with E-state index in [1.165, 1.54) is 6.07 Å². The summed E-state index contributed by atoms with van der Waals surface area (Å²) in [6.07, 6.45) is -4.36. The van der Waals surface area contributed by atoms with E-state index in [9.17, 15) is 13.2 Å². The van der Waals surface area contributed by atoms with Crippen molar-refractivity contribution in [3.63, 3.8) is 0 Å². The third kappa shape index (κ3) is 3.35. The van der Waals surface area contributed by atoms with Crippen LogP contribution >= 0.6 is 0 Å². The molecular weight excluding hydrogens is 257 g/mol. The molecule has 0 spiro atoms. The van der Waals surface area contributed by atoms with E-state index in [1.807, 2.05) is 6.92 Å². The molecular formula is C13H13F3N2O. The number of hydrogen-bond donors (Lipinski definition) is 1. The van der Waals surface area contributed by atoms with Crippen molar-refractivity contribution in [1.29, 1.82) is 0 Å². The monoisotopic (exact) mass is 270 g/mol. The Balaban J connectivity index is 2.24. The normalized spacial score (nSPS) is 11.8. The van der Waals surface area contributed by atoms with Crippen molar-refractivity contribution in [1.82, 2.24) is 10.5 Å². The van der Waals surface area contributed by atoms with Gasteiger partial charge in [0.1, 0.15) is 0 Å². The molecule has 2 aromatic rings. The van der Waals surface area contributed by atoms with Gasteiger partial charge in [0.15, 0.2) is 5.76 Å². The summed E-state index contributed by atoms with van der Waals surface area (Å²) in [6, 6.07) is 6.63. The molecule has 3 nitrogen and oxygen atoms in total. The Labute approximate surface area is 108 Å². The lowest BCUT2D eigenvalue weighted by Crippen LogP contribution is -2.11. The summed E-state index contributed by atoms with van der Waals surface area (Å²) in [4.78, 5) is 0. The Bertz CT molecular complexity index is 549. The van der Waals surface area contributed by atoms with Crippen LogP contribution in [-0.2, 0) is 12.7 Å². The molecule has 6 heteroatoms. The lowest BCUT2D eigenvalue weighted by atomic mass is 10.1. The first-order valence-corrected chi connectivity index (χ1v) is 5.84. The molecule has 0 unspecified atom stereocenters. The van der Waals surface area contributed by atoms with Crippen LogP contribution in [0.4, 0.5) is 13.2 Å². The van der Waals surface area contributed by atoms with Gasteiger partial charge in [0.2, 0.25) is 0 Å². The Hall–Kier alpha value is -1.82. The Kier molecular flexibility index (Phi) is 3.90.